The normalized spacial score (nSPS) is 19.2. The second-order valence-corrected chi connectivity index (χ2v) is 5.46. The standard InChI is InChI=1S/C13H20BrNO2/c1-3-7-15-11(12(16-2)9-4-5-9)13-10(14)6-8-17-13/h6,8-9,11-12,15H,3-5,7H2,1-2H3. The van der Waals surface area contributed by atoms with Crippen LogP contribution in [-0.4, -0.2) is 19.8 Å². The summed E-state index contributed by atoms with van der Waals surface area (Å²) >= 11 is 3.54. The molecule has 1 N–H and O–H groups in total. The zero-order chi connectivity index (χ0) is 12.3. The number of hydrogen-bond acceptors (Lipinski definition) is 3. The number of furan rings is 1. The van der Waals surface area contributed by atoms with E-state index in [9.17, 15) is 0 Å². The van der Waals surface area contributed by atoms with E-state index in [1.807, 2.05) is 6.07 Å². The third-order valence-corrected chi connectivity index (χ3v) is 3.88. The average molecular weight is 302 g/mol. The van der Waals surface area contributed by atoms with Crippen molar-refractivity contribution in [1.29, 1.82) is 0 Å². The third-order valence-electron chi connectivity index (χ3n) is 3.23. The van der Waals surface area contributed by atoms with E-state index >= 15 is 0 Å². The monoisotopic (exact) mass is 301 g/mol. The molecule has 1 aromatic rings. The van der Waals surface area contributed by atoms with Crippen molar-refractivity contribution < 1.29 is 9.15 Å². The first-order chi connectivity index (χ1) is 8.27. The summed E-state index contributed by atoms with van der Waals surface area (Å²) in [7, 11) is 1.79. The molecular formula is C13H20BrNO2. The van der Waals surface area contributed by atoms with Crippen molar-refractivity contribution in [2.75, 3.05) is 13.7 Å². The summed E-state index contributed by atoms with van der Waals surface area (Å²) in [6.07, 6.45) is 5.57. The van der Waals surface area contributed by atoms with Crippen molar-refractivity contribution in [3.8, 4) is 0 Å². The van der Waals surface area contributed by atoms with Crippen LogP contribution in [0.1, 0.15) is 38.0 Å². The molecule has 1 aromatic heterocycles. The smallest absolute Gasteiger partial charge is 0.137 e. The number of halogens is 1. The van der Waals surface area contributed by atoms with Gasteiger partial charge in [-0.25, -0.2) is 0 Å². The van der Waals surface area contributed by atoms with Crippen LogP contribution in [0.15, 0.2) is 21.2 Å². The van der Waals surface area contributed by atoms with Crippen molar-refractivity contribution in [3.63, 3.8) is 0 Å². The third kappa shape index (κ3) is 3.12. The molecular weight excluding hydrogens is 282 g/mol. The highest BCUT2D eigenvalue weighted by molar-refractivity contribution is 9.10. The largest absolute Gasteiger partial charge is 0.466 e. The molecule has 2 unspecified atom stereocenters. The van der Waals surface area contributed by atoms with Gasteiger partial charge in [0.2, 0.25) is 0 Å². The highest BCUT2D eigenvalue weighted by Gasteiger charge is 2.39. The molecule has 0 spiro atoms. The molecule has 2 atom stereocenters. The highest BCUT2D eigenvalue weighted by Crippen LogP contribution is 2.41. The summed E-state index contributed by atoms with van der Waals surface area (Å²) in [5.41, 5.74) is 0. The Balaban J connectivity index is 2.14. The number of ether oxygens (including phenoxy) is 1. The molecule has 0 aromatic carbocycles. The minimum Gasteiger partial charge on any atom is -0.466 e. The van der Waals surface area contributed by atoms with E-state index in [0.717, 1.165) is 23.2 Å². The lowest BCUT2D eigenvalue weighted by molar-refractivity contribution is 0.0437. The number of rotatable bonds is 7. The predicted octanol–water partition coefficient (Wildman–Crippen LogP) is 3.51. The molecule has 1 aliphatic rings. The Kier molecular flexibility index (Phi) is 4.65. The molecule has 0 bridgehead atoms. The quantitative estimate of drug-likeness (QED) is 0.837. The first-order valence-electron chi connectivity index (χ1n) is 6.27. The van der Waals surface area contributed by atoms with E-state index in [1.165, 1.54) is 12.8 Å². The van der Waals surface area contributed by atoms with Gasteiger partial charge in [0.25, 0.3) is 0 Å². The maximum Gasteiger partial charge on any atom is 0.137 e. The van der Waals surface area contributed by atoms with Gasteiger partial charge in [0, 0.05) is 7.11 Å². The van der Waals surface area contributed by atoms with E-state index < -0.39 is 0 Å². The maximum atomic E-state index is 5.67. The molecule has 1 heterocycles. The van der Waals surface area contributed by atoms with E-state index in [2.05, 4.69) is 28.2 Å². The minimum atomic E-state index is 0.150. The lowest BCUT2D eigenvalue weighted by Gasteiger charge is -2.25. The van der Waals surface area contributed by atoms with Gasteiger partial charge in [-0.3, -0.25) is 0 Å². The molecule has 1 aliphatic carbocycles. The first kappa shape index (κ1) is 13.1. The lowest BCUT2D eigenvalue weighted by Crippen LogP contribution is -2.35. The number of hydrogen-bond donors (Lipinski definition) is 1. The van der Waals surface area contributed by atoms with Crippen LogP contribution in [0.2, 0.25) is 0 Å². The maximum absolute atomic E-state index is 5.67. The predicted molar refractivity (Wildman–Crippen MR) is 71.0 cm³/mol. The summed E-state index contributed by atoms with van der Waals surface area (Å²) < 4.78 is 12.3. The van der Waals surface area contributed by atoms with Crippen molar-refractivity contribution in [1.82, 2.24) is 5.32 Å². The Bertz CT molecular complexity index is 349. The molecule has 96 valence electrons. The lowest BCUT2D eigenvalue weighted by atomic mass is 10.0. The van der Waals surface area contributed by atoms with Gasteiger partial charge < -0.3 is 14.5 Å². The molecule has 3 nitrogen and oxygen atoms in total. The van der Waals surface area contributed by atoms with Crippen LogP contribution in [0.4, 0.5) is 0 Å². The van der Waals surface area contributed by atoms with Crippen LogP contribution in [0.3, 0.4) is 0 Å². The first-order valence-corrected chi connectivity index (χ1v) is 7.06. The van der Waals surface area contributed by atoms with E-state index in [0.29, 0.717) is 5.92 Å². The molecule has 1 fully saturated rings. The summed E-state index contributed by atoms with van der Waals surface area (Å²) in [5.74, 6) is 1.63. The summed E-state index contributed by atoms with van der Waals surface area (Å²) in [4.78, 5) is 0. The van der Waals surface area contributed by atoms with Gasteiger partial charge in [0.1, 0.15) is 5.76 Å². The Morgan fingerprint density at radius 1 is 1.59 bits per heavy atom. The van der Waals surface area contributed by atoms with Gasteiger partial charge in [-0.2, -0.15) is 0 Å². The SMILES string of the molecule is CCCNC(c1occc1Br)C(OC)C1CC1. The van der Waals surface area contributed by atoms with E-state index in [-0.39, 0.29) is 12.1 Å². The van der Waals surface area contributed by atoms with Gasteiger partial charge >= 0.3 is 0 Å². The van der Waals surface area contributed by atoms with Crippen molar-refractivity contribution >= 4 is 15.9 Å². The summed E-state index contributed by atoms with van der Waals surface area (Å²) in [6, 6.07) is 2.09. The van der Waals surface area contributed by atoms with Crippen LogP contribution in [0.25, 0.3) is 0 Å². The second-order valence-electron chi connectivity index (χ2n) is 4.60. The Labute approximate surface area is 111 Å². The molecule has 0 radical (unpaired) electrons. The van der Waals surface area contributed by atoms with E-state index in [1.54, 1.807) is 13.4 Å². The fraction of sp³-hybridized carbons (Fsp3) is 0.692. The Morgan fingerprint density at radius 2 is 2.35 bits per heavy atom. The number of nitrogens with one attached hydrogen (secondary N) is 1. The molecule has 2 rings (SSSR count). The van der Waals surface area contributed by atoms with Crippen LogP contribution < -0.4 is 5.32 Å². The van der Waals surface area contributed by atoms with Gasteiger partial charge in [0.05, 0.1) is 22.9 Å². The second kappa shape index (κ2) is 6.03. The van der Waals surface area contributed by atoms with Crippen molar-refractivity contribution in [2.45, 2.75) is 38.3 Å². The summed E-state index contributed by atoms with van der Waals surface area (Å²) in [5, 5.41) is 3.54. The molecule has 1 saturated carbocycles. The minimum absolute atomic E-state index is 0.150. The molecule has 4 heteroatoms. The Morgan fingerprint density at radius 3 is 2.82 bits per heavy atom. The number of methoxy groups -OCH3 is 1. The van der Waals surface area contributed by atoms with Crippen LogP contribution in [0, 0.1) is 5.92 Å². The van der Waals surface area contributed by atoms with Gasteiger partial charge in [-0.1, -0.05) is 6.92 Å². The topological polar surface area (TPSA) is 34.4 Å². The zero-order valence-corrected chi connectivity index (χ0v) is 12.0. The molecule has 0 amide bonds. The molecule has 0 aliphatic heterocycles. The zero-order valence-electron chi connectivity index (χ0n) is 10.4. The fourth-order valence-electron chi connectivity index (χ4n) is 2.21. The van der Waals surface area contributed by atoms with Crippen LogP contribution in [0.5, 0.6) is 0 Å². The summed E-state index contributed by atoms with van der Waals surface area (Å²) in [6.45, 7) is 3.14. The molecule has 17 heavy (non-hydrogen) atoms. The van der Waals surface area contributed by atoms with Gasteiger partial charge in [-0.05, 0) is 53.7 Å². The average Bonchev–Trinajstić information content (AvgIpc) is 3.07. The van der Waals surface area contributed by atoms with E-state index in [4.69, 9.17) is 9.15 Å². The fourth-order valence-corrected chi connectivity index (χ4v) is 2.66. The van der Waals surface area contributed by atoms with Crippen LogP contribution >= 0.6 is 15.9 Å². The van der Waals surface area contributed by atoms with Gasteiger partial charge in [-0.15, -0.1) is 0 Å². The van der Waals surface area contributed by atoms with Crippen molar-refractivity contribution in [2.24, 2.45) is 5.92 Å². The Hall–Kier alpha value is -0.320. The van der Waals surface area contributed by atoms with Crippen LogP contribution in [-0.2, 0) is 4.74 Å². The molecule has 0 saturated heterocycles. The highest BCUT2D eigenvalue weighted by atomic mass is 79.9. The van der Waals surface area contributed by atoms with Gasteiger partial charge in [0.15, 0.2) is 0 Å². The van der Waals surface area contributed by atoms with Crippen molar-refractivity contribution in [3.05, 3.63) is 22.6 Å².